The van der Waals surface area contributed by atoms with Gasteiger partial charge in [0, 0.05) is 61.7 Å². The lowest BCUT2D eigenvalue weighted by molar-refractivity contribution is -0.154. The summed E-state index contributed by atoms with van der Waals surface area (Å²) in [7, 11) is -2.38. The van der Waals surface area contributed by atoms with Crippen LogP contribution in [0.2, 0.25) is 0 Å². The van der Waals surface area contributed by atoms with Crippen LogP contribution in [0.15, 0.2) is 95.6 Å². The number of piperazine rings is 1. The lowest BCUT2D eigenvalue weighted by atomic mass is 9.93. The zero-order chi connectivity index (χ0) is 32.5. The van der Waals surface area contributed by atoms with E-state index in [9.17, 15) is 18.3 Å². The number of methoxy groups -OCH3 is 1. The summed E-state index contributed by atoms with van der Waals surface area (Å²) < 4.78 is 46.3. The highest BCUT2D eigenvalue weighted by molar-refractivity contribution is 14.1. The third-order valence-corrected chi connectivity index (χ3v) is 10.8. The van der Waals surface area contributed by atoms with Gasteiger partial charge in [-0.25, -0.2) is 8.42 Å². The Hall–Kier alpha value is -3.01. The van der Waals surface area contributed by atoms with Gasteiger partial charge >= 0.3 is 0 Å². The van der Waals surface area contributed by atoms with Gasteiger partial charge in [-0.15, -0.1) is 0 Å². The highest BCUT2D eigenvalue weighted by atomic mass is 127. The molecule has 1 saturated heterocycles. The zero-order valence-corrected chi connectivity index (χ0v) is 28.8. The number of hydrogen-bond donors (Lipinski definition) is 1. The van der Waals surface area contributed by atoms with Crippen LogP contribution in [0.5, 0.6) is 5.75 Å². The van der Waals surface area contributed by atoms with Crippen molar-refractivity contribution < 1.29 is 32.5 Å². The van der Waals surface area contributed by atoms with Crippen LogP contribution in [0.3, 0.4) is 0 Å². The Morgan fingerprint density at radius 1 is 0.978 bits per heavy atom. The molecule has 0 radical (unpaired) electrons. The van der Waals surface area contributed by atoms with Gasteiger partial charge in [-0.1, -0.05) is 42.5 Å². The first-order valence-electron chi connectivity index (χ1n) is 15.3. The summed E-state index contributed by atoms with van der Waals surface area (Å²) in [4.78, 5) is 18.0. The van der Waals surface area contributed by atoms with Crippen LogP contribution in [0.1, 0.15) is 23.5 Å². The highest BCUT2D eigenvalue weighted by Crippen LogP contribution is 2.33. The van der Waals surface area contributed by atoms with E-state index in [0.717, 1.165) is 28.8 Å². The fourth-order valence-electron chi connectivity index (χ4n) is 5.61. The Kier molecular flexibility index (Phi) is 12.1. The molecule has 246 valence electrons. The van der Waals surface area contributed by atoms with Crippen LogP contribution >= 0.6 is 22.6 Å². The second kappa shape index (κ2) is 16.2. The molecule has 0 spiro atoms. The average molecular weight is 762 g/mol. The van der Waals surface area contributed by atoms with Crippen molar-refractivity contribution in [3.05, 3.63) is 105 Å². The first kappa shape index (κ1) is 34.3. The molecule has 0 aromatic heterocycles. The van der Waals surface area contributed by atoms with Crippen molar-refractivity contribution in [1.82, 2.24) is 14.1 Å². The normalized spacial score (nSPS) is 19.0. The Morgan fingerprint density at radius 2 is 1.67 bits per heavy atom. The number of carbonyl (C=O) groups excluding carboxylic acids is 1. The number of sulfonamides is 1. The van der Waals surface area contributed by atoms with Crippen LogP contribution in [0.25, 0.3) is 0 Å². The van der Waals surface area contributed by atoms with Crippen molar-refractivity contribution in [2.24, 2.45) is 0 Å². The third-order valence-electron chi connectivity index (χ3n) is 8.17. The van der Waals surface area contributed by atoms with Crippen molar-refractivity contribution >= 4 is 38.5 Å². The fourth-order valence-corrected chi connectivity index (χ4v) is 7.38. The average Bonchev–Trinajstić information content (AvgIpc) is 3.08. The molecule has 5 rings (SSSR count). The number of allylic oxidation sites excluding steroid dienone is 1. The van der Waals surface area contributed by atoms with Gasteiger partial charge in [-0.3, -0.25) is 9.69 Å². The lowest BCUT2D eigenvalue weighted by Crippen LogP contribution is -2.49. The highest BCUT2D eigenvalue weighted by Gasteiger charge is 2.33. The Labute approximate surface area is 284 Å². The SMILES string of the molecule is COc1ccc(S(=O)(=O)N(CCO)CCO[C@H]2C[C@@H](c3ccc(I)cc3)C=C(C(=O)N3CCN(Cc4ccccc4)CC3)O2)cc1. The van der Waals surface area contributed by atoms with Gasteiger partial charge in [0.2, 0.25) is 16.3 Å². The minimum Gasteiger partial charge on any atom is -0.497 e. The van der Waals surface area contributed by atoms with E-state index in [1.54, 1.807) is 12.1 Å². The molecular formula is C34H40IN3O7S. The Bertz CT molecular complexity index is 1560. The molecule has 0 unspecified atom stereocenters. The van der Waals surface area contributed by atoms with E-state index in [4.69, 9.17) is 14.2 Å². The molecule has 0 bridgehead atoms. The largest absolute Gasteiger partial charge is 0.497 e. The maximum absolute atomic E-state index is 13.7. The number of amides is 1. The second-order valence-electron chi connectivity index (χ2n) is 11.2. The molecular weight excluding hydrogens is 721 g/mol. The summed E-state index contributed by atoms with van der Waals surface area (Å²) in [6, 6.07) is 24.5. The third kappa shape index (κ3) is 8.87. The zero-order valence-electron chi connectivity index (χ0n) is 25.8. The van der Waals surface area contributed by atoms with Crippen LogP contribution in [0.4, 0.5) is 0 Å². The monoisotopic (exact) mass is 761 g/mol. The maximum atomic E-state index is 13.7. The quantitative estimate of drug-likeness (QED) is 0.260. The van der Waals surface area contributed by atoms with Gasteiger partial charge in [0.25, 0.3) is 5.91 Å². The van der Waals surface area contributed by atoms with Crippen molar-refractivity contribution in [3.8, 4) is 5.75 Å². The molecule has 12 heteroatoms. The molecule has 3 aromatic rings. The maximum Gasteiger partial charge on any atom is 0.288 e. The number of halogens is 1. The molecule has 2 aliphatic rings. The number of benzene rings is 3. The van der Waals surface area contributed by atoms with E-state index in [-0.39, 0.29) is 48.8 Å². The number of hydrogen-bond acceptors (Lipinski definition) is 8. The number of ether oxygens (including phenoxy) is 3. The minimum absolute atomic E-state index is 0.000646. The van der Waals surface area contributed by atoms with E-state index < -0.39 is 16.3 Å². The van der Waals surface area contributed by atoms with E-state index in [1.807, 2.05) is 53.4 Å². The molecule has 3 aromatic carbocycles. The van der Waals surface area contributed by atoms with E-state index in [1.165, 1.54) is 29.1 Å². The van der Waals surface area contributed by atoms with Crippen molar-refractivity contribution in [2.45, 2.75) is 30.1 Å². The molecule has 10 nitrogen and oxygen atoms in total. The van der Waals surface area contributed by atoms with Crippen molar-refractivity contribution in [3.63, 3.8) is 0 Å². The fraction of sp³-hybridized carbons (Fsp3) is 0.382. The van der Waals surface area contributed by atoms with Crippen molar-refractivity contribution in [2.75, 3.05) is 59.6 Å². The molecule has 2 atom stereocenters. The predicted molar refractivity (Wildman–Crippen MR) is 183 cm³/mol. The lowest BCUT2D eigenvalue weighted by Gasteiger charge is -2.36. The number of carbonyl (C=O) groups is 1. The summed E-state index contributed by atoms with van der Waals surface area (Å²) in [6.45, 7) is 3.12. The van der Waals surface area contributed by atoms with Gasteiger partial charge in [-0.2, -0.15) is 4.31 Å². The Morgan fingerprint density at radius 3 is 2.33 bits per heavy atom. The number of nitrogens with zero attached hydrogens (tertiary/aromatic N) is 3. The minimum atomic E-state index is -3.89. The molecule has 1 fully saturated rings. The van der Waals surface area contributed by atoms with Crippen LogP contribution in [-0.2, 0) is 30.8 Å². The first-order chi connectivity index (χ1) is 22.3. The number of aliphatic hydroxyl groups excluding tert-OH is 1. The van der Waals surface area contributed by atoms with Gasteiger partial charge in [0.05, 0.1) is 25.2 Å². The van der Waals surface area contributed by atoms with Crippen molar-refractivity contribution in [1.29, 1.82) is 0 Å². The first-order valence-corrected chi connectivity index (χ1v) is 17.8. The predicted octanol–water partition coefficient (Wildman–Crippen LogP) is 4.06. The number of aliphatic hydroxyl groups is 1. The Balaban J connectivity index is 1.24. The molecule has 46 heavy (non-hydrogen) atoms. The molecule has 2 heterocycles. The smallest absolute Gasteiger partial charge is 0.288 e. The van der Waals surface area contributed by atoms with Gasteiger partial charge < -0.3 is 24.2 Å². The standard InChI is InChI=1S/C34H40IN3O7S/c1-43-30-11-13-31(14-12-30)46(41,42)38(19-21-39)20-22-44-33-24-28(27-7-9-29(35)10-8-27)23-32(45-33)34(40)37-17-15-36(16-18-37)25-26-5-3-2-4-6-26/h2-14,23,28,33,39H,15-22,24-25H2,1H3/t28-,33+/m0/s1. The summed E-state index contributed by atoms with van der Waals surface area (Å²) in [5.41, 5.74) is 2.29. The van der Waals surface area contributed by atoms with E-state index in [2.05, 4.69) is 39.6 Å². The summed E-state index contributed by atoms with van der Waals surface area (Å²) in [5.74, 6) is 0.493. The summed E-state index contributed by atoms with van der Waals surface area (Å²) >= 11 is 2.26. The van der Waals surface area contributed by atoms with Gasteiger partial charge in [-0.05, 0) is 76.2 Å². The summed E-state index contributed by atoms with van der Waals surface area (Å²) in [6.07, 6.45) is 1.59. The van der Waals surface area contributed by atoms with E-state index in [0.29, 0.717) is 25.3 Å². The molecule has 0 saturated carbocycles. The topological polar surface area (TPSA) is 109 Å². The number of rotatable bonds is 13. The second-order valence-corrected chi connectivity index (χ2v) is 14.4. The van der Waals surface area contributed by atoms with Crippen LogP contribution < -0.4 is 4.74 Å². The molecule has 1 N–H and O–H groups in total. The van der Waals surface area contributed by atoms with E-state index >= 15 is 0 Å². The molecule has 2 aliphatic heterocycles. The van der Waals surface area contributed by atoms with Crippen LogP contribution in [0, 0.1) is 3.57 Å². The van der Waals surface area contributed by atoms with Crippen LogP contribution in [-0.4, -0.2) is 99.4 Å². The molecule has 1 amide bonds. The molecule has 0 aliphatic carbocycles. The summed E-state index contributed by atoms with van der Waals surface area (Å²) in [5, 5.41) is 9.62. The van der Waals surface area contributed by atoms with Gasteiger partial charge in [0.1, 0.15) is 5.75 Å². The van der Waals surface area contributed by atoms with Gasteiger partial charge in [0.15, 0.2) is 5.76 Å².